The molecule has 1 unspecified atom stereocenters. The third-order valence-corrected chi connectivity index (χ3v) is 5.22. The summed E-state index contributed by atoms with van der Waals surface area (Å²) in [5.74, 6) is 0.762. The van der Waals surface area contributed by atoms with Crippen LogP contribution in [0.25, 0.3) is 11.5 Å². The van der Waals surface area contributed by atoms with Crippen molar-refractivity contribution in [3.8, 4) is 11.5 Å². The van der Waals surface area contributed by atoms with Crippen molar-refractivity contribution in [3.05, 3.63) is 30.2 Å². The lowest BCUT2D eigenvalue weighted by Gasteiger charge is -2.07. The molecule has 0 spiro atoms. The number of hydrogen-bond acceptors (Lipinski definition) is 6. The van der Waals surface area contributed by atoms with E-state index < -0.39 is 9.84 Å². The van der Waals surface area contributed by atoms with Gasteiger partial charge in [0.2, 0.25) is 5.76 Å². The summed E-state index contributed by atoms with van der Waals surface area (Å²) in [6.45, 7) is 0.320. The second-order valence-electron chi connectivity index (χ2n) is 5.03. The molecule has 21 heavy (non-hydrogen) atoms. The van der Waals surface area contributed by atoms with Gasteiger partial charge in [-0.1, -0.05) is 5.16 Å². The maximum Gasteiger partial charge on any atom is 0.273 e. The molecule has 1 amide bonds. The fraction of sp³-hybridized carbons (Fsp3) is 0.385. The van der Waals surface area contributed by atoms with Crippen LogP contribution in [0, 0.1) is 5.92 Å². The molecule has 0 aliphatic carbocycles. The number of nitrogens with one attached hydrogen (secondary N) is 1. The highest BCUT2D eigenvalue weighted by Gasteiger charge is 2.28. The van der Waals surface area contributed by atoms with E-state index in [1.165, 1.54) is 12.3 Å². The van der Waals surface area contributed by atoms with Gasteiger partial charge in [-0.3, -0.25) is 4.79 Å². The molecule has 8 heteroatoms. The molecule has 1 saturated heterocycles. The Morgan fingerprint density at radius 2 is 2.29 bits per heavy atom. The molecular weight excluding hydrogens is 296 g/mol. The van der Waals surface area contributed by atoms with Gasteiger partial charge in [0.1, 0.15) is 0 Å². The maximum atomic E-state index is 11.9. The smallest absolute Gasteiger partial charge is 0.273 e. The minimum absolute atomic E-state index is 0.0320. The van der Waals surface area contributed by atoms with E-state index in [2.05, 4.69) is 10.5 Å². The van der Waals surface area contributed by atoms with Crippen LogP contribution in [0.3, 0.4) is 0 Å². The summed E-state index contributed by atoms with van der Waals surface area (Å²) in [4.78, 5) is 11.9. The number of carbonyl (C=O) groups is 1. The third kappa shape index (κ3) is 3.15. The SMILES string of the molecule is O=C(NCC1CCS(=O)(=O)C1)c1cc(-c2ccco2)on1. The maximum absolute atomic E-state index is 11.9. The molecule has 0 saturated carbocycles. The van der Waals surface area contributed by atoms with Crippen molar-refractivity contribution in [2.24, 2.45) is 5.92 Å². The number of sulfone groups is 1. The van der Waals surface area contributed by atoms with E-state index in [0.29, 0.717) is 24.5 Å². The van der Waals surface area contributed by atoms with Gasteiger partial charge in [-0.2, -0.15) is 0 Å². The molecule has 1 aliphatic heterocycles. The average Bonchev–Trinajstić information content (AvgIpc) is 3.15. The highest BCUT2D eigenvalue weighted by atomic mass is 32.2. The van der Waals surface area contributed by atoms with Gasteiger partial charge in [-0.25, -0.2) is 8.42 Å². The summed E-state index contributed by atoms with van der Waals surface area (Å²) in [6, 6.07) is 4.89. The lowest BCUT2D eigenvalue weighted by Crippen LogP contribution is -2.30. The molecule has 0 bridgehead atoms. The van der Waals surface area contributed by atoms with Crippen LogP contribution in [0.2, 0.25) is 0 Å². The lowest BCUT2D eigenvalue weighted by molar-refractivity contribution is 0.0939. The molecule has 1 N–H and O–H groups in total. The second kappa shape index (κ2) is 5.36. The first-order valence-corrected chi connectivity index (χ1v) is 8.35. The zero-order valence-electron chi connectivity index (χ0n) is 11.1. The molecule has 0 radical (unpaired) electrons. The molecule has 3 rings (SSSR count). The summed E-state index contributed by atoms with van der Waals surface area (Å²) in [6.07, 6.45) is 2.08. The first-order chi connectivity index (χ1) is 10.0. The Kier molecular flexibility index (Phi) is 3.54. The highest BCUT2D eigenvalue weighted by molar-refractivity contribution is 7.91. The summed E-state index contributed by atoms with van der Waals surface area (Å²) < 4.78 is 32.9. The number of aromatic nitrogens is 1. The van der Waals surface area contributed by atoms with Crippen molar-refractivity contribution < 1.29 is 22.2 Å². The Balaban J connectivity index is 1.59. The van der Waals surface area contributed by atoms with E-state index in [4.69, 9.17) is 8.94 Å². The molecule has 0 aromatic carbocycles. The van der Waals surface area contributed by atoms with Crippen LogP contribution in [0.5, 0.6) is 0 Å². The fourth-order valence-electron chi connectivity index (χ4n) is 2.28. The zero-order chi connectivity index (χ0) is 14.9. The fourth-order valence-corrected chi connectivity index (χ4v) is 4.14. The first kappa shape index (κ1) is 13.9. The van der Waals surface area contributed by atoms with Crippen molar-refractivity contribution in [2.75, 3.05) is 18.1 Å². The van der Waals surface area contributed by atoms with Gasteiger partial charge < -0.3 is 14.3 Å². The predicted molar refractivity (Wildman–Crippen MR) is 73.3 cm³/mol. The van der Waals surface area contributed by atoms with E-state index in [-0.39, 0.29) is 29.0 Å². The normalized spacial score (nSPS) is 20.5. The van der Waals surface area contributed by atoms with Gasteiger partial charge in [0.05, 0.1) is 17.8 Å². The summed E-state index contributed by atoms with van der Waals surface area (Å²) >= 11 is 0. The van der Waals surface area contributed by atoms with Crippen LogP contribution in [-0.2, 0) is 9.84 Å². The molecule has 7 nitrogen and oxygen atoms in total. The van der Waals surface area contributed by atoms with Crippen LogP contribution in [0.15, 0.2) is 33.4 Å². The molecule has 1 fully saturated rings. The Hall–Kier alpha value is -2.09. The van der Waals surface area contributed by atoms with E-state index in [0.717, 1.165) is 0 Å². The van der Waals surface area contributed by atoms with Gasteiger partial charge in [0.15, 0.2) is 21.3 Å². The Morgan fingerprint density at radius 3 is 2.95 bits per heavy atom. The number of rotatable bonds is 4. The quantitative estimate of drug-likeness (QED) is 0.907. The van der Waals surface area contributed by atoms with E-state index >= 15 is 0 Å². The largest absolute Gasteiger partial charge is 0.461 e. The van der Waals surface area contributed by atoms with Crippen molar-refractivity contribution in [2.45, 2.75) is 6.42 Å². The zero-order valence-corrected chi connectivity index (χ0v) is 11.9. The van der Waals surface area contributed by atoms with E-state index in [9.17, 15) is 13.2 Å². The van der Waals surface area contributed by atoms with Crippen LogP contribution in [0.4, 0.5) is 0 Å². The predicted octanol–water partition coefficient (Wildman–Crippen LogP) is 1.10. The Labute approximate surface area is 121 Å². The second-order valence-corrected chi connectivity index (χ2v) is 7.26. The van der Waals surface area contributed by atoms with Crippen molar-refractivity contribution >= 4 is 15.7 Å². The monoisotopic (exact) mass is 310 g/mol. The number of furan rings is 1. The van der Waals surface area contributed by atoms with Gasteiger partial charge in [-0.15, -0.1) is 0 Å². The first-order valence-electron chi connectivity index (χ1n) is 6.53. The molecule has 1 atom stereocenters. The van der Waals surface area contributed by atoms with Crippen LogP contribution < -0.4 is 5.32 Å². The molecule has 2 aromatic rings. The molecule has 112 valence electrons. The van der Waals surface area contributed by atoms with Crippen molar-refractivity contribution in [1.82, 2.24) is 10.5 Å². The lowest BCUT2D eigenvalue weighted by atomic mass is 10.1. The standard InChI is InChI=1S/C13H14N2O5S/c16-13(14-7-9-3-5-21(17,18)8-9)10-6-12(20-15-10)11-2-1-4-19-11/h1-2,4,6,9H,3,5,7-8H2,(H,14,16). The van der Waals surface area contributed by atoms with Gasteiger partial charge in [0, 0.05) is 12.6 Å². The number of hydrogen-bond donors (Lipinski definition) is 1. The van der Waals surface area contributed by atoms with E-state index in [1.807, 2.05) is 0 Å². The van der Waals surface area contributed by atoms with Gasteiger partial charge in [0.25, 0.3) is 5.91 Å². The Morgan fingerprint density at radius 1 is 1.43 bits per heavy atom. The minimum atomic E-state index is -2.93. The van der Waals surface area contributed by atoms with Crippen LogP contribution >= 0.6 is 0 Å². The van der Waals surface area contributed by atoms with Crippen molar-refractivity contribution in [3.63, 3.8) is 0 Å². The van der Waals surface area contributed by atoms with Crippen molar-refractivity contribution in [1.29, 1.82) is 0 Å². The summed E-state index contributed by atoms with van der Waals surface area (Å²) in [5, 5.41) is 6.36. The molecule has 3 heterocycles. The summed E-state index contributed by atoms with van der Waals surface area (Å²) in [5.41, 5.74) is 0.141. The van der Waals surface area contributed by atoms with E-state index in [1.54, 1.807) is 12.1 Å². The molecular formula is C13H14N2O5S. The number of amides is 1. The Bertz CT molecular complexity index is 732. The number of nitrogens with zero attached hydrogens (tertiary/aromatic N) is 1. The van der Waals surface area contributed by atoms with Gasteiger partial charge >= 0.3 is 0 Å². The van der Waals surface area contributed by atoms with Gasteiger partial charge in [-0.05, 0) is 24.5 Å². The number of carbonyl (C=O) groups excluding carboxylic acids is 1. The minimum Gasteiger partial charge on any atom is -0.461 e. The third-order valence-electron chi connectivity index (χ3n) is 3.38. The molecule has 1 aliphatic rings. The topological polar surface area (TPSA) is 102 Å². The summed E-state index contributed by atoms with van der Waals surface area (Å²) in [7, 11) is -2.93. The highest BCUT2D eigenvalue weighted by Crippen LogP contribution is 2.21. The van der Waals surface area contributed by atoms with Crippen LogP contribution in [-0.4, -0.2) is 37.5 Å². The average molecular weight is 310 g/mol. The van der Waals surface area contributed by atoms with Crippen LogP contribution in [0.1, 0.15) is 16.9 Å². The molecule has 2 aromatic heterocycles.